The van der Waals surface area contributed by atoms with Crippen molar-refractivity contribution < 1.29 is 14.6 Å². The van der Waals surface area contributed by atoms with Gasteiger partial charge >= 0.3 is 0 Å². The zero-order valence-corrected chi connectivity index (χ0v) is 12.2. The number of hydrogen-bond acceptors (Lipinski definition) is 3. The number of aryl methyl sites for hydroxylation is 1. The van der Waals surface area contributed by atoms with Crippen LogP contribution in [0.2, 0.25) is 0 Å². The second kappa shape index (κ2) is 6.27. The third kappa shape index (κ3) is 3.73. The summed E-state index contributed by atoms with van der Waals surface area (Å²) in [5, 5.41) is 13.2. The first-order chi connectivity index (χ1) is 9.52. The molecule has 1 aromatic carbocycles. The molecule has 110 valence electrons. The lowest BCUT2D eigenvalue weighted by molar-refractivity contribution is -0.122. The molecule has 1 aromatic rings. The lowest BCUT2D eigenvalue weighted by atomic mass is 9.82. The fraction of sp³-hybridized carbons (Fsp3) is 0.562. The Labute approximate surface area is 120 Å². The van der Waals surface area contributed by atoms with Crippen molar-refractivity contribution in [3.8, 4) is 5.75 Å². The van der Waals surface area contributed by atoms with Crippen molar-refractivity contribution in [3.63, 3.8) is 0 Å². The normalized spacial score (nSPS) is 17.6. The van der Waals surface area contributed by atoms with E-state index in [1.54, 1.807) is 7.11 Å². The number of anilines is 1. The van der Waals surface area contributed by atoms with Crippen molar-refractivity contribution in [2.24, 2.45) is 0 Å². The summed E-state index contributed by atoms with van der Waals surface area (Å²) in [6, 6.07) is 5.63. The fourth-order valence-corrected chi connectivity index (χ4v) is 2.78. The van der Waals surface area contributed by atoms with Gasteiger partial charge in [0.05, 0.1) is 24.8 Å². The van der Waals surface area contributed by atoms with Gasteiger partial charge in [0.2, 0.25) is 5.91 Å². The van der Waals surface area contributed by atoms with Crippen LogP contribution >= 0.6 is 0 Å². The van der Waals surface area contributed by atoms with Crippen molar-refractivity contribution in [1.82, 2.24) is 0 Å². The van der Waals surface area contributed by atoms with Crippen LogP contribution in [0.1, 0.15) is 44.1 Å². The molecule has 0 atom stereocenters. The smallest absolute Gasteiger partial charge is 0.227 e. The number of rotatable bonds is 4. The van der Waals surface area contributed by atoms with Gasteiger partial charge < -0.3 is 15.2 Å². The van der Waals surface area contributed by atoms with Crippen LogP contribution in [-0.2, 0) is 4.79 Å². The van der Waals surface area contributed by atoms with Crippen molar-refractivity contribution in [1.29, 1.82) is 0 Å². The number of aliphatic hydroxyl groups is 1. The molecule has 1 saturated carbocycles. The Balaban J connectivity index is 2.01. The third-order valence-electron chi connectivity index (χ3n) is 3.90. The summed E-state index contributed by atoms with van der Waals surface area (Å²) in [6.07, 6.45) is 4.73. The molecule has 0 unspecified atom stereocenters. The van der Waals surface area contributed by atoms with Crippen LogP contribution in [-0.4, -0.2) is 23.7 Å². The molecule has 0 radical (unpaired) electrons. The van der Waals surface area contributed by atoms with Gasteiger partial charge in [-0.15, -0.1) is 0 Å². The molecule has 1 aliphatic rings. The minimum atomic E-state index is -0.833. The molecule has 0 aliphatic heterocycles. The average Bonchev–Trinajstić information content (AvgIpc) is 2.41. The second-order valence-electron chi connectivity index (χ2n) is 5.71. The molecule has 0 saturated heterocycles. The summed E-state index contributed by atoms with van der Waals surface area (Å²) in [5.74, 6) is 0.491. The Morgan fingerprint density at radius 3 is 2.70 bits per heavy atom. The second-order valence-corrected chi connectivity index (χ2v) is 5.71. The van der Waals surface area contributed by atoms with E-state index in [1.807, 2.05) is 25.1 Å². The lowest BCUT2D eigenvalue weighted by Gasteiger charge is -2.31. The van der Waals surface area contributed by atoms with Crippen LogP contribution in [0.4, 0.5) is 5.69 Å². The minimum absolute atomic E-state index is 0.156. The molecule has 2 N–H and O–H groups in total. The third-order valence-corrected chi connectivity index (χ3v) is 3.90. The number of carbonyl (C=O) groups excluding carboxylic acids is 1. The van der Waals surface area contributed by atoms with Gasteiger partial charge in [-0.05, 0) is 37.5 Å². The fourth-order valence-electron chi connectivity index (χ4n) is 2.78. The van der Waals surface area contributed by atoms with E-state index in [1.165, 1.54) is 0 Å². The number of benzene rings is 1. The van der Waals surface area contributed by atoms with Crippen LogP contribution < -0.4 is 10.1 Å². The number of amides is 1. The van der Waals surface area contributed by atoms with E-state index in [0.29, 0.717) is 24.3 Å². The molecule has 4 heteroatoms. The molecule has 1 aliphatic carbocycles. The van der Waals surface area contributed by atoms with Crippen LogP contribution in [0.3, 0.4) is 0 Å². The molecule has 0 spiro atoms. The SMILES string of the molecule is COc1cc(C)ccc1NC(=O)CC1(O)CCCCC1. The highest BCUT2D eigenvalue weighted by Crippen LogP contribution is 2.32. The van der Waals surface area contributed by atoms with Crippen molar-refractivity contribution >= 4 is 11.6 Å². The first-order valence-corrected chi connectivity index (χ1v) is 7.19. The van der Waals surface area contributed by atoms with Gasteiger partial charge in [-0.1, -0.05) is 25.3 Å². The van der Waals surface area contributed by atoms with E-state index in [-0.39, 0.29) is 12.3 Å². The highest BCUT2D eigenvalue weighted by Gasteiger charge is 2.31. The quantitative estimate of drug-likeness (QED) is 0.889. The number of nitrogens with one attached hydrogen (secondary N) is 1. The van der Waals surface area contributed by atoms with Gasteiger partial charge in [-0.3, -0.25) is 4.79 Å². The topological polar surface area (TPSA) is 58.6 Å². The summed E-state index contributed by atoms with van der Waals surface area (Å²) < 4.78 is 5.26. The van der Waals surface area contributed by atoms with E-state index in [2.05, 4.69) is 5.32 Å². The number of ether oxygens (including phenoxy) is 1. The Hall–Kier alpha value is -1.55. The maximum atomic E-state index is 12.1. The molecular formula is C16H23NO3. The molecular weight excluding hydrogens is 254 g/mol. The van der Waals surface area contributed by atoms with E-state index < -0.39 is 5.60 Å². The van der Waals surface area contributed by atoms with E-state index in [4.69, 9.17) is 4.74 Å². The van der Waals surface area contributed by atoms with Gasteiger partial charge in [0.1, 0.15) is 5.75 Å². The van der Waals surface area contributed by atoms with Crippen LogP contribution in [0, 0.1) is 6.92 Å². The number of methoxy groups -OCH3 is 1. The van der Waals surface area contributed by atoms with Crippen LogP contribution in [0.25, 0.3) is 0 Å². The minimum Gasteiger partial charge on any atom is -0.495 e. The van der Waals surface area contributed by atoms with E-state index >= 15 is 0 Å². The Morgan fingerprint density at radius 1 is 1.35 bits per heavy atom. The van der Waals surface area contributed by atoms with Crippen LogP contribution in [0.15, 0.2) is 18.2 Å². The van der Waals surface area contributed by atoms with Crippen molar-refractivity contribution in [2.75, 3.05) is 12.4 Å². The van der Waals surface area contributed by atoms with E-state index in [0.717, 1.165) is 24.8 Å². The van der Waals surface area contributed by atoms with Crippen molar-refractivity contribution in [3.05, 3.63) is 23.8 Å². The van der Waals surface area contributed by atoms with Gasteiger partial charge in [0.25, 0.3) is 0 Å². The molecule has 1 amide bonds. The maximum absolute atomic E-state index is 12.1. The molecule has 2 rings (SSSR count). The largest absolute Gasteiger partial charge is 0.495 e. The Bertz CT molecular complexity index is 479. The molecule has 0 bridgehead atoms. The molecule has 0 aromatic heterocycles. The number of hydrogen-bond donors (Lipinski definition) is 2. The first-order valence-electron chi connectivity index (χ1n) is 7.19. The number of carbonyl (C=O) groups is 1. The highest BCUT2D eigenvalue weighted by molar-refractivity contribution is 5.93. The summed E-state index contributed by atoms with van der Waals surface area (Å²) in [4.78, 5) is 12.1. The standard InChI is InChI=1S/C16H23NO3/c1-12-6-7-13(14(10-12)20-2)17-15(18)11-16(19)8-4-3-5-9-16/h6-7,10,19H,3-5,8-9,11H2,1-2H3,(H,17,18). The maximum Gasteiger partial charge on any atom is 0.227 e. The zero-order valence-electron chi connectivity index (χ0n) is 12.2. The van der Waals surface area contributed by atoms with Gasteiger partial charge in [-0.25, -0.2) is 0 Å². The predicted molar refractivity (Wildman–Crippen MR) is 79.0 cm³/mol. The summed E-state index contributed by atoms with van der Waals surface area (Å²) in [7, 11) is 1.58. The van der Waals surface area contributed by atoms with E-state index in [9.17, 15) is 9.90 Å². The predicted octanol–water partition coefficient (Wildman–Crippen LogP) is 3.03. The molecule has 0 heterocycles. The summed E-state index contributed by atoms with van der Waals surface area (Å²) in [6.45, 7) is 1.97. The highest BCUT2D eigenvalue weighted by atomic mass is 16.5. The van der Waals surface area contributed by atoms with Gasteiger partial charge in [-0.2, -0.15) is 0 Å². The van der Waals surface area contributed by atoms with Gasteiger partial charge in [0, 0.05) is 0 Å². The van der Waals surface area contributed by atoms with Crippen molar-refractivity contribution in [2.45, 2.75) is 51.0 Å². The first kappa shape index (κ1) is 14.9. The summed E-state index contributed by atoms with van der Waals surface area (Å²) >= 11 is 0. The van der Waals surface area contributed by atoms with Gasteiger partial charge in [0.15, 0.2) is 0 Å². The van der Waals surface area contributed by atoms with Crippen LogP contribution in [0.5, 0.6) is 5.75 Å². The monoisotopic (exact) mass is 277 g/mol. The average molecular weight is 277 g/mol. The Morgan fingerprint density at radius 2 is 2.05 bits per heavy atom. The Kier molecular flexibility index (Phi) is 4.65. The lowest BCUT2D eigenvalue weighted by Crippen LogP contribution is -2.35. The summed E-state index contributed by atoms with van der Waals surface area (Å²) in [5.41, 5.74) is 0.897. The molecule has 1 fully saturated rings. The molecule has 20 heavy (non-hydrogen) atoms. The molecule has 4 nitrogen and oxygen atoms in total. The zero-order chi connectivity index (χ0) is 14.6.